The predicted molar refractivity (Wildman–Crippen MR) is 245 cm³/mol. The van der Waals surface area contributed by atoms with Gasteiger partial charge in [0.25, 0.3) is 11.7 Å². The lowest BCUT2D eigenvalue weighted by Gasteiger charge is -2.47. The Labute approximate surface area is 389 Å². The summed E-state index contributed by atoms with van der Waals surface area (Å²) >= 11 is 0. The number of amides is 1. The van der Waals surface area contributed by atoms with Gasteiger partial charge in [-0.05, 0) is 113 Å². The Morgan fingerprint density at radius 2 is 1.61 bits per heavy atom. The Bertz CT molecular complexity index is 1940. The molecule has 3 aliphatic heterocycles. The molecule has 1 amide bonds. The van der Waals surface area contributed by atoms with E-state index < -0.39 is 89.8 Å². The van der Waals surface area contributed by atoms with Gasteiger partial charge in [-0.2, -0.15) is 0 Å². The van der Waals surface area contributed by atoms with Crippen LogP contribution >= 0.6 is 0 Å². The highest BCUT2D eigenvalue weighted by atomic mass is 16.7. The third-order valence-corrected chi connectivity index (χ3v) is 14.4. The molecule has 15 nitrogen and oxygen atoms in total. The van der Waals surface area contributed by atoms with Gasteiger partial charge in [0.05, 0.1) is 30.0 Å². The number of piperidine rings is 1. The zero-order chi connectivity index (χ0) is 48.5. The number of carboxylic acid groups (broad SMARTS) is 1. The minimum atomic E-state index is -2.56. The van der Waals surface area contributed by atoms with Crippen LogP contribution in [0.2, 0.25) is 0 Å². The van der Waals surface area contributed by atoms with Crippen molar-refractivity contribution in [1.82, 2.24) is 4.90 Å². The van der Waals surface area contributed by atoms with Gasteiger partial charge in [-0.1, -0.05) is 62.8 Å². The lowest BCUT2D eigenvalue weighted by Crippen LogP contribution is -2.64. The summed E-state index contributed by atoms with van der Waals surface area (Å²) in [5.41, 5.74) is 2.38. The number of allylic oxidation sites excluding steroid dienone is 4. The van der Waals surface area contributed by atoms with Gasteiger partial charge >= 0.3 is 11.9 Å². The number of hydrogen-bond acceptors (Lipinski definition) is 13. The van der Waals surface area contributed by atoms with E-state index in [0.717, 1.165) is 16.0 Å². The minimum Gasteiger partial charge on any atom is -0.478 e. The van der Waals surface area contributed by atoms with E-state index in [0.29, 0.717) is 50.5 Å². The summed E-state index contributed by atoms with van der Waals surface area (Å²) in [6.07, 6.45) is 6.12. The maximum Gasteiger partial charge on any atom is 0.335 e. The lowest BCUT2D eigenvalue weighted by molar-refractivity contribution is -0.302. The van der Waals surface area contributed by atoms with Gasteiger partial charge in [-0.3, -0.25) is 14.4 Å². The highest BCUT2D eigenvalue weighted by Crippen LogP contribution is 2.39. The number of methoxy groups -OCH3 is 2. The first-order chi connectivity index (χ1) is 31.3. The molecule has 1 aromatic carbocycles. The van der Waals surface area contributed by atoms with E-state index in [4.69, 9.17) is 18.9 Å². The summed E-state index contributed by atoms with van der Waals surface area (Å²) in [5, 5.41) is 53.9. The fraction of sp³-hybridized carbons (Fsp3) is 0.667. The number of Topliss-reactive ketones (excluding diaryl/α,β-unsaturated/α-hetero) is 2. The van der Waals surface area contributed by atoms with Crippen molar-refractivity contribution in [2.24, 2.45) is 35.5 Å². The summed E-state index contributed by atoms with van der Waals surface area (Å²) in [6.45, 7) is 8.87. The number of aromatic carboxylic acids is 1. The Kier molecular flexibility index (Phi) is 19.0. The SMILES string of the molecule is CO[C@H]1C[C@@H](C)C/C(C)=C/C(C/C=C/c2ccc(C(=O)O)cc2)C(=O)C[C@H](O)[C@@H](C)[C@@H](/C(C)=C/C2CC[C@@H](O)[C@H](CO)C2)OC(=O)C2CCCCN2C(=O)C(=O)[C@]2(O)OC1[C@@H](OC)C[C@H]2C. The van der Waals surface area contributed by atoms with Crippen molar-refractivity contribution in [3.63, 3.8) is 0 Å². The van der Waals surface area contributed by atoms with Crippen LogP contribution in [0.1, 0.15) is 121 Å². The Morgan fingerprint density at radius 3 is 2.26 bits per heavy atom. The zero-order valence-corrected chi connectivity index (χ0v) is 39.7. The first kappa shape index (κ1) is 52.9. The summed E-state index contributed by atoms with van der Waals surface area (Å²) in [6, 6.07) is 5.17. The van der Waals surface area contributed by atoms with Crippen LogP contribution in [0.3, 0.4) is 0 Å². The third-order valence-electron chi connectivity index (χ3n) is 14.4. The van der Waals surface area contributed by atoms with Crippen molar-refractivity contribution >= 4 is 35.5 Å². The first-order valence-electron chi connectivity index (χ1n) is 23.7. The molecule has 1 aromatic rings. The predicted octanol–water partition coefficient (Wildman–Crippen LogP) is 5.46. The molecule has 14 atom stereocenters. The maximum atomic E-state index is 14.5. The zero-order valence-electron chi connectivity index (χ0n) is 39.7. The molecular formula is C51H73NO14. The maximum absolute atomic E-state index is 14.5. The number of aliphatic hydroxyl groups is 4. The number of hydrogen-bond donors (Lipinski definition) is 5. The summed E-state index contributed by atoms with van der Waals surface area (Å²) < 4.78 is 24.4. The van der Waals surface area contributed by atoms with Crippen LogP contribution in [-0.2, 0) is 38.1 Å². The molecule has 2 bridgehead atoms. The summed E-state index contributed by atoms with van der Waals surface area (Å²) in [5.74, 6) is -9.79. The van der Waals surface area contributed by atoms with Gasteiger partial charge in [0.2, 0.25) is 5.79 Å². The molecule has 4 unspecified atom stereocenters. The molecule has 3 fully saturated rings. The quantitative estimate of drug-likeness (QED) is 0.118. The van der Waals surface area contributed by atoms with E-state index in [1.54, 1.807) is 32.9 Å². The molecule has 1 saturated carbocycles. The number of benzene rings is 1. The summed E-state index contributed by atoms with van der Waals surface area (Å²) in [7, 11) is 3.01. The summed E-state index contributed by atoms with van der Waals surface area (Å²) in [4.78, 5) is 70.1. The van der Waals surface area contributed by atoms with Crippen LogP contribution in [0.5, 0.6) is 0 Å². The van der Waals surface area contributed by atoms with Crippen molar-refractivity contribution in [3.8, 4) is 0 Å². The molecule has 15 heteroatoms. The van der Waals surface area contributed by atoms with Gasteiger partial charge < -0.3 is 49.4 Å². The highest BCUT2D eigenvalue weighted by molar-refractivity contribution is 6.39. The number of ether oxygens (including phenoxy) is 4. The standard InChI is InChI=1S/C51H73NO14/c1-29-21-30(2)23-43(63-6)46-44(64-7)25-32(4)51(62,66-46)47(57)48(58)52-20-9-8-13-39(52)50(61)65-45(31(3)24-35-16-19-40(54)38(26-35)28-53)33(5)41(55)27-42(56)37(22-29)12-10-11-34-14-17-36(18-15-34)49(59)60/h10-11,14-15,17-18,22,24,30,32-33,35,37-41,43-46,53-55,62H,8-9,12-13,16,19-21,23,25-28H2,1-7H3,(H,59,60)/b11-10+,29-22+,31-24+/t30-,32+,33+,35?,37?,38-,39?,40+,41-,43-,44-,45+,46?,51+/m0/s1. The number of cyclic esters (lactones) is 1. The number of fused-ring (bicyclic) bond motifs is 3. The number of carbonyl (C=O) groups is 5. The Balaban J connectivity index is 1.55. The average Bonchev–Trinajstić information content (AvgIpc) is 3.29. The van der Waals surface area contributed by atoms with Crippen molar-refractivity contribution in [3.05, 3.63) is 64.8 Å². The smallest absolute Gasteiger partial charge is 0.335 e. The molecule has 0 radical (unpaired) electrons. The third kappa shape index (κ3) is 12.9. The highest BCUT2D eigenvalue weighted by Gasteiger charge is 2.56. The van der Waals surface area contributed by atoms with Gasteiger partial charge in [0.15, 0.2) is 0 Å². The first-order valence-corrected chi connectivity index (χ1v) is 23.7. The number of carboxylic acids is 1. The van der Waals surface area contributed by atoms with Gasteiger partial charge in [-0.25, -0.2) is 9.59 Å². The van der Waals surface area contributed by atoms with Crippen LogP contribution < -0.4 is 0 Å². The molecule has 0 spiro atoms. The Morgan fingerprint density at radius 1 is 0.924 bits per heavy atom. The second-order valence-electron chi connectivity index (χ2n) is 19.5. The molecule has 5 N–H and O–H groups in total. The van der Waals surface area contributed by atoms with Crippen molar-refractivity contribution < 1.29 is 68.5 Å². The molecule has 1 aliphatic carbocycles. The monoisotopic (exact) mass is 924 g/mol. The van der Waals surface area contributed by atoms with E-state index in [-0.39, 0.29) is 67.9 Å². The number of esters is 1. The van der Waals surface area contributed by atoms with Crippen molar-refractivity contribution in [1.29, 1.82) is 0 Å². The van der Waals surface area contributed by atoms with E-state index in [1.807, 2.05) is 38.2 Å². The Hall–Kier alpha value is -4.09. The van der Waals surface area contributed by atoms with Crippen LogP contribution in [0.15, 0.2) is 53.6 Å². The average molecular weight is 924 g/mol. The number of nitrogens with zero attached hydrogens (tertiary/aromatic N) is 1. The van der Waals surface area contributed by atoms with Crippen LogP contribution in [0.25, 0.3) is 6.08 Å². The van der Waals surface area contributed by atoms with E-state index >= 15 is 0 Å². The molecule has 5 rings (SSSR count). The molecule has 66 heavy (non-hydrogen) atoms. The molecule has 0 aromatic heterocycles. The fourth-order valence-corrected chi connectivity index (χ4v) is 10.4. The second-order valence-corrected chi connectivity index (χ2v) is 19.5. The van der Waals surface area contributed by atoms with Crippen molar-refractivity contribution in [2.45, 2.75) is 154 Å². The minimum absolute atomic E-state index is 0.0477. The lowest BCUT2D eigenvalue weighted by atomic mass is 9.78. The molecule has 4 aliphatic rings. The largest absolute Gasteiger partial charge is 0.478 e. The number of aliphatic hydroxyl groups excluding tert-OH is 3. The van der Waals surface area contributed by atoms with E-state index in [9.17, 15) is 49.5 Å². The van der Waals surface area contributed by atoms with Crippen LogP contribution in [-0.4, -0.2) is 136 Å². The van der Waals surface area contributed by atoms with E-state index in [2.05, 4.69) is 0 Å². The van der Waals surface area contributed by atoms with Crippen LogP contribution in [0, 0.1) is 35.5 Å². The van der Waals surface area contributed by atoms with E-state index in [1.165, 1.54) is 26.4 Å². The van der Waals surface area contributed by atoms with Crippen molar-refractivity contribution in [2.75, 3.05) is 27.4 Å². The molecule has 3 heterocycles. The number of ketones is 2. The molecular weight excluding hydrogens is 851 g/mol. The molecule has 366 valence electrons. The number of rotatable bonds is 9. The van der Waals surface area contributed by atoms with Gasteiger partial charge in [0.1, 0.15) is 24.0 Å². The second kappa shape index (κ2) is 23.8. The normalized spacial score (nSPS) is 37.1. The van der Waals surface area contributed by atoms with Gasteiger partial charge in [0, 0.05) is 57.5 Å². The molecule has 2 saturated heterocycles. The van der Waals surface area contributed by atoms with Gasteiger partial charge in [-0.15, -0.1) is 0 Å². The van der Waals surface area contributed by atoms with Crippen LogP contribution in [0.4, 0.5) is 0 Å². The fourth-order valence-electron chi connectivity index (χ4n) is 10.4. The number of carbonyl (C=O) groups excluding carboxylic acids is 4. The topological polar surface area (TPSA) is 227 Å².